The molecule has 2 atom stereocenters. The van der Waals surface area contributed by atoms with Crippen molar-refractivity contribution in [1.29, 1.82) is 0 Å². The van der Waals surface area contributed by atoms with Crippen LogP contribution in [0.2, 0.25) is 0 Å². The van der Waals surface area contributed by atoms with Gasteiger partial charge in [0.05, 0.1) is 11.0 Å². The number of rotatable bonds is 2. The highest BCUT2D eigenvalue weighted by molar-refractivity contribution is 7.81. The minimum atomic E-state index is -1.20. The molecular formula is C6H12N2O3S. The lowest BCUT2D eigenvalue weighted by molar-refractivity contribution is -0.142. The Bertz CT molecular complexity index is 233. The molecule has 0 aromatic carbocycles. The van der Waals surface area contributed by atoms with Crippen LogP contribution in [0.5, 0.6) is 0 Å². The van der Waals surface area contributed by atoms with Crippen LogP contribution >= 0.6 is 0 Å². The molecule has 0 bridgehead atoms. The summed E-state index contributed by atoms with van der Waals surface area (Å²) in [5.41, 5.74) is 4.35. The van der Waals surface area contributed by atoms with Gasteiger partial charge in [-0.15, -0.1) is 0 Å². The summed E-state index contributed by atoms with van der Waals surface area (Å²) in [5, 5.41) is 8.72. The van der Waals surface area contributed by atoms with Crippen LogP contribution in [0.25, 0.3) is 0 Å². The van der Waals surface area contributed by atoms with E-state index in [1.165, 1.54) is 6.26 Å². The maximum Gasteiger partial charge on any atom is 0.325 e. The molecule has 1 heterocycles. The fourth-order valence-electron chi connectivity index (χ4n) is 1.19. The molecule has 0 amide bonds. The summed E-state index contributed by atoms with van der Waals surface area (Å²) in [6, 6.07) is 0. The molecule has 2 unspecified atom stereocenters. The van der Waals surface area contributed by atoms with Crippen LogP contribution in [0, 0.1) is 0 Å². The molecule has 0 aromatic rings. The van der Waals surface area contributed by atoms with Gasteiger partial charge in [-0.25, -0.2) is 8.51 Å². The Morgan fingerprint density at radius 3 is 2.58 bits per heavy atom. The SMILES string of the molecule is CS(=O)N1CCC(N)(C(=O)O)C1. The average Bonchev–Trinajstić information content (AvgIpc) is 2.33. The van der Waals surface area contributed by atoms with E-state index in [2.05, 4.69) is 0 Å². The van der Waals surface area contributed by atoms with Crippen LogP contribution in [0.15, 0.2) is 0 Å². The van der Waals surface area contributed by atoms with Crippen LogP contribution in [0.4, 0.5) is 0 Å². The molecule has 6 heteroatoms. The highest BCUT2D eigenvalue weighted by Gasteiger charge is 2.42. The Labute approximate surface area is 73.1 Å². The van der Waals surface area contributed by atoms with E-state index in [0.29, 0.717) is 13.0 Å². The lowest BCUT2D eigenvalue weighted by Crippen LogP contribution is -2.50. The molecular weight excluding hydrogens is 180 g/mol. The van der Waals surface area contributed by atoms with E-state index >= 15 is 0 Å². The summed E-state index contributed by atoms with van der Waals surface area (Å²) >= 11 is 0. The van der Waals surface area contributed by atoms with Gasteiger partial charge in [-0.05, 0) is 6.42 Å². The van der Waals surface area contributed by atoms with E-state index in [0.717, 1.165) is 0 Å². The quantitative estimate of drug-likeness (QED) is 0.573. The van der Waals surface area contributed by atoms with E-state index in [-0.39, 0.29) is 6.54 Å². The van der Waals surface area contributed by atoms with E-state index < -0.39 is 22.5 Å². The summed E-state index contributed by atoms with van der Waals surface area (Å²) in [5.74, 6) is -1.02. The van der Waals surface area contributed by atoms with E-state index in [1.54, 1.807) is 4.31 Å². The molecule has 1 aliphatic heterocycles. The van der Waals surface area contributed by atoms with Crippen molar-refractivity contribution in [1.82, 2.24) is 4.31 Å². The van der Waals surface area contributed by atoms with Gasteiger partial charge in [0.1, 0.15) is 5.54 Å². The van der Waals surface area contributed by atoms with Crippen molar-refractivity contribution in [3.05, 3.63) is 0 Å². The molecule has 0 aromatic heterocycles. The zero-order chi connectivity index (χ0) is 9.35. The van der Waals surface area contributed by atoms with Crippen LogP contribution in [0.1, 0.15) is 6.42 Å². The van der Waals surface area contributed by atoms with Crippen molar-refractivity contribution >= 4 is 17.0 Å². The van der Waals surface area contributed by atoms with Gasteiger partial charge in [0, 0.05) is 19.3 Å². The van der Waals surface area contributed by atoms with Gasteiger partial charge in [-0.1, -0.05) is 0 Å². The molecule has 3 N–H and O–H groups in total. The van der Waals surface area contributed by atoms with E-state index in [9.17, 15) is 9.00 Å². The lowest BCUT2D eigenvalue weighted by Gasteiger charge is -2.17. The van der Waals surface area contributed by atoms with Crippen LogP contribution in [-0.2, 0) is 15.8 Å². The molecule has 0 saturated carbocycles. The first kappa shape index (κ1) is 9.63. The van der Waals surface area contributed by atoms with Crippen LogP contribution in [-0.4, -0.2) is 44.5 Å². The van der Waals surface area contributed by atoms with Gasteiger partial charge >= 0.3 is 5.97 Å². The van der Waals surface area contributed by atoms with Gasteiger partial charge in [-0.2, -0.15) is 0 Å². The van der Waals surface area contributed by atoms with Crippen molar-refractivity contribution in [2.75, 3.05) is 19.3 Å². The first-order valence-corrected chi connectivity index (χ1v) is 5.08. The average molecular weight is 192 g/mol. The smallest absolute Gasteiger partial charge is 0.325 e. The highest BCUT2D eigenvalue weighted by Crippen LogP contribution is 2.19. The van der Waals surface area contributed by atoms with Gasteiger partial charge in [-0.3, -0.25) is 4.79 Å². The van der Waals surface area contributed by atoms with Gasteiger partial charge in [0.2, 0.25) is 0 Å². The third-order valence-corrected chi connectivity index (χ3v) is 3.09. The second kappa shape index (κ2) is 3.12. The number of carboxylic acids is 1. The Hall–Kier alpha value is -0.460. The Kier molecular flexibility index (Phi) is 2.50. The zero-order valence-electron chi connectivity index (χ0n) is 6.82. The predicted octanol–water partition coefficient (Wildman–Crippen LogP) is -1.23. The molecule has 1 fully saturated rings. The third-order valence-electron chi connectivity index (χ3n) is 2.06. The minimum absolute atomic E-state index is 0.172. The standard InChI is InChI=1S/C6H12N2O3S/c1-12(11)8-3-2-6(7,4-8)5(9)10/h2-4,7H2,1H3,(H,9,10). The lowest BCUT2D eigenvalue weighted by atomic mass is 10.0. The molecule has 5 nitrogen and oxygen atoms in total. The van der Waals surface area contributed by atoms with Crippen molar-refractivity contribution in [2.24, 2.45) is 5.73 Å². The van der Waals surface area contributed by atoms with Crippen LogP contribution < -0.4 is 5.73 Å². The third kappa shape index (κ3) is 1.65. The minimum Gasteiger partial charge on any atom is -0.480 e. The highest BCUT2D eigenvalue weighted by atomic mass is 32.2. The number of carboxylic acid groups (broad SMARTS) is 1. The van der Waals surface area contributed by atoms with E-state index in [1.807, 2.05) is 0 Å². The number of hydrogen-bond donors (Lipinski definition) is 2. The molecule has 12 heavy (non-hydrogen) atoms. The molecule has 1 rings (SSSR count). The first-order chi connectivity index (χ1) is 5.46. The maximum absolute atomic E-state index is 10.9. The fraction of sp³-hybridized carbons (Fsp3) is 0.833. The van der Waals surface area contributed by atoms with E-state index in [4.69, 9.17) is 10.8 Å². The molecule has 0 aliphatic carbocycles. The number of nitrogens with zero attached hydrogens (tertiary/aromatic N) is 1. The topological polar surface area (TPSA) is 83.6 Å². The van der Waals surface area contributed by atoms with Crippen molar-refractivity contribution in [3.63, 3.8) is 0 Å². The molecule has 0 radical (unpaired) electrons. The molecule has 1 aliphatic rings. The molecule has 0 spiro atoms. The van der Waals surface area contributed by atoms with Gasteiger partial charge in [0.15, 0.2) is 0 Å². The Morgan fingerprint density at radius 1 is 1.75 bits per heavy atom. The molecule has 1 saturated heterocycles. The number of hydrogen-bond acceptors (Lipinski definition) is 3. The second-order valence-corrected chi connectivity index (χ2v) is 4.36. The summed E-state index contributed by atoms with van der Waals surface area (Å²) in [6.07, 6.45) is 1.88. The number of nitrogens with two attached hydrogens (primary N) is 1. The largest absolute Gasteiger partial charge is 0.480 e. The van der Waals surface area contributed by atoms with Crippen molar-refractivity contribution in [2.45, 2.75) is 12.0 Å². The first-order valence-electron chi connectivity index (χ1n) is 3.56. The zero-order valence-corrected chi connectivity index (χ0v) is 7.63. The Balaban J connectivity index is 2.67. The number of aliphatic carboxylic acids is 1. The summed E-state index contributed by atoms with van der Waals surface area (Å²) in [7, 11) is -1.11. The predicted molar refractivity (Wildman–Crippen MR) is 44.8 cm³/mol. The summed E-state index contributed by atoms with van der Waals surface area (Å²) < 4.78 is 12.5. The second-order valence-electron chi connectivity index (χ2n) is 3.00. The maximum atomic E-state index is 10.9. The summed E-state index contributed by atoms with van der Waals surface area (Å²) in [6.45, 7) is 0.664. The van der Waals surface area contributed by atoms with Gasteiger partial charge < -0.3 is 10.8 Å². The number of carbonyl (C=O) groups is 1. The van der Waals surface area contributed by atoms with Crippen LogP contribution in [0.3, 0.4) is 0 Å². The molecule has 70 valence electrons. The monoisotopic (exact) mass is 192 g/mol. The summed E-state index contributed by atoms with van der Waals surface area (Å²) in [4.78, 5) is 10.6. The van der Waals surface area contributed by atoms with Gasteiger partial charge in [0.25, 0.3) is 0 Å². The van der Waals surface area contributed by atoms with Crippen molar-refractivity contribution in [3.8, 4) is 0 Å². The normalized spacial score (nSPS) is 33.5. The Morgan fingerprint density at radius 2 is 2.33 bits per heavy atom. The fourth-order valence-corrected chi connectivity index (χ4v) is 1.95. The van der Waals surface area contributed by atoms with Crippen molar-refractivity contribution < 1.29 is 14.1 Å².